The molecule has 0 bridgehead atoms. The van der Waals surface area contributed by atoms with Crippen molar-refractivity contribution in [3.05, 3.63) is 72.9 Å². The van der Waals surface area contributed by atoms with E-state index in [9.17, 15) is 14.7 Å². The van der Waals surface area contributed by atoms with Crippen molar-refractivity contribution in [3.8, 4) is 0 Å². The molecule has 0 heterocycles. The highest BCUT2D eigenvalue weighted by Gasteiger charge is 2.15. The molecular weight excluding hydrogens is 669 g/mol. The Hall–Kier alpha value is -2.66. The summed E-state index contributed by atoms with van der Waals surface area (Å²) in [6.45, 7) is 3.97. The molecule has 0 unspecified atom stereocenters. The molecule has 0 saturated carbocycles. The van der Waals surface area contributed by atoms with Gasteiger partial charge in [-0.05, 0) is 51.4 Å². The van der Waals surface area contributed by atoms with Crippen molar-refractivity contribution >= 4 is 11.9 Å². The van der Waals surface area contributed by atoms with E-state index in [-0.39, 0.29) is 31.6 Å². The number of aliphatic hydroxyl groups is 1. The first-order valence-corrected chi connectivity index (χ1v) is 22.5. The Bertz CT molecular complexity index is 988. The summed E-state index contributed by atoms with van der Waals surface area (Å²) in [5.74, 6) is -0.686. The normalized spacial score (nSPS) is 12.9. The van der Waals surface area contributed by atoms with Gasteiger partial charge in [-0.15, -0.1) is 0 Å². The van der Waals surface area contributed by atoms with E-state index in [1.165, 1.54) is 116 Å². The number of allylic oxidation sites excluding steroid dienone is 12. The summed E-state index contributed by atoms with van der Waals surface area (Å²) in [5, 5.41) is 9.58. The lowest BCUT2D eigenvalue weighted by molar-refractivity contribution is -0.161. The summed E-state index contributed by atoms with van der Waals surface area (Å²) in [5.41, 5.74) is 0. The Labute approximate surface area is 333 Å². The molecule has 0 aliphatic heterocycles. The molecule has 5 heteroatoms. The van der Waals surface area contributed by atoms with Gasteiger partial charge in [-0.25, -0.2) is 0 Å². The zero-order chi connectivity index (χ0) is 39.3. The molecule has 0 amide bonds. The summed E-state index contributed by atoms with van der Waals surface area (Å²) >= 11 is 0. The molecule has 1 atom stereocenters. The van der Waals surface area contributed by atoms with Crippen LogP contribution < -0.4 is 0 Å². The molecule has 310 valence electrons. The highest BCUT2D eigenvalue weighted by atomic mass is 16.6. The molecule has 0 rings (SSSR count). The third kappa shape index (κ3) is 42.1. The summed E-state index contributed by atoms with van der Waals surface area (Å²) in [6, 6.07) is 0. The van der Waals surface area contributed by atoms with Crippen LogP contribution in [0.2, 0.25) is 0 Å². The molecule has 0 fully saturated rings. The number of esters is 2. The Kier molecular flexibility index (Phi) is 42.5. The lowest BCUT2D eigenvalue weighted by Gasteiger charge is -2.15. The molecule has 1 N–H and O–H groups in total. The van der Waals surface area contributed by atoms with Crippen molar-refractivity contribution in [2.75, 3.05) is 13.2 Å². The van der Waals surface area contributed by atoms with Crippen molar-refractivity contribution in [1.29, 1.82) is 0 Å². The monoisotopic (exact) mass is 753 g/mol. The zero-order valence-corrected chi connectivity index (χ0v) is 35.2. The van der Waals surface area contributed by atoms with E-state index >= 15 is 0 Å². The number of carbonyl (C=O) groups is 2. The van der Waals surface area contributed by atoms with Crippen molar-refractivity contribution in [2.45, 2.75) is 213 Å². The number of rotatable bonds is 40. The average molecular weight is 753 g/mol. The second-order valence-electron chi connectivity index (χ2n) is 14.8. The van der Waals surface area contributed by atoms with E-state index in [4.69, 9.17) is 9.47 Å². The highest BCUT2D eigenvalue weighted by molar-refractivity contribution is 5.70. The molecular formula is C49H84O5. The Morgan fingerprint density at radius 2 is 0.796 bits per heavy atom. The minimum Gasteiger partial charge on any atom is -0.462 e. The van der Waals surface area contributed by atoms with Gasteiger partial charge in [-0.1, -0.05) is 215 Å². The van der Waals surface area contributed by atoms with Crippen LogP contribution in [0.1, 0.15) is 206 Å². The van der Waals surface area contributed by atoms with Crippen LogP contribution in [0.15, 0.2) is 72.9 Å². The molecule has 0 radical (unpaired) electrons. The van der Waals surface area contributed by atoms with E-state index in [0.717, 1.165) is 57.8 Å². The molecule has 54 heavy (non-hydrogen) atoms. The van der Waals surface area contributed by atoms with E-state index < -0.39 is 6.10 Å². The standard InChI is InChI=1S/C49H84O5/c1-3-5-7-9-11-13-15-17-19-21-23-24-26-28-30-32-34-36-38-40-42-44-49(52)54-47(45-50)46-53-48(51)43-41-39-37-35-33-31-29-27-25-22-20-18-16-14-12-10-8-6-4-2/h6,8,12,14,18,20,25,27,31,33,37,39,47,50H,3-5,7,9-11,13,15-17,19,21-24,26,28-30,32,34-36,38,40-46H2,1-2H3/b8-6+,14-12+,20-18+,27-25+,33-31+,39-37+/t47-/m0/s1. The van der Waals surface area contributed by atoms with Gasteiger partial charge < -0.3 is 14.6 Å². The number of unbranched alkanes of at least 4 members (excludes halogenated alkanes) is 20. The lowest BCUT2D eigenvalue weighted by Crippen LogP contribution is -2.28. The fraction of sp³-hybridized carbons (Fsp3) is 0.714. The summed E-state index contributed by atoms with van der Waals surface area (Å²) in [4.78, 5) is 24.3. The van der Waals surface area contributed by atoms with Gasteiger partial charge in [-0.2, -0.15) is 0 Å². The molecule has 0 saturated heterocycles. The first-order valence-electron chi connectivity index (χ1n) is 22.5. The van der Waals surface area contributed by atoms with Gasteiger partial charge in [0.25, 0.3) is 0 Å². The van der Waals surface area contributed by atoms with Crippen LogP contribution in [0.4, 0.5) is 0 Å². The third-order valence-electron chi connectivity index (χ3n) is 9.53. The molecule has 0 aromatic carbocycles. The average Bonchev–Trinajstić information content (AvgIpc) is 3.17. The topological polar surface area (TPSA) is 72.8 Å². The molecule has 0 aliphatic carbocycles. The summed E-state index contributed by atoms with van der Waals surface area (Å²) in [7, 11) is 0. The van der Waals surface area contributed by atoms with Gasteiger partial charge in [0.1, 0.15) is 6.61 Å². The number of carbonyl (C=O) groups excluding carboxylic acids is 2. The third-order valence-corrected chi connectivity index (χ3v) is 9.53. The second kappa shape index (κ2) is 44.7. The summed E-state index contributed by atoms with van der Waals surface area (Å²) in [6.07, 6.45) is 59.9. The fourth-order valence-electron chi connectivity index (χ4n) is 6.17. The quantitative estimate of drug-likeness (QED) is 0.0383. The largest absolute Gasteiger partial charge is 0.462 e. The molecule has 0 aliphatic rings. The number of aliphatic hydroxyl groups excluding tert-OH is 1. The molecule has 0 aromatic rings. The van der Waals surface area contributed by atoms with Gasteiger partial charge in [0, 0.05) is 12.8 Å². The van der Waals surface area contributed by atoms with Gasteiger partial charge in [0.2, 0.25) is 0 Å². The molecule has 5 nitrogen and oxygen atoms in total. The van der Waals surface area contributed by atoms with Crippen LogP contribution >= 0.6 is 0 Å². The van der Waals surface area contributed by atoms with Crippen molar-refractivity contribution in [2.24, 2.45) is 0 Å². The predicted octanol–water partition coefficient (Wildman–Crippen LogP) is 14.5. The van der Waals surface area contributed by atoms with Gasteiger partial charge >= 0.3 is 11.9 Å². The van der Waals surface area contributed by atoms with Gasteiger partial charge in [-0.3, -0.25) is 9.59 Å². The van der Waals surface area contributed by atoms with Gasteiger partial charge in [0.15, 0.2) is 6.10 Å². The van der Waals surface area contributed by atoms with E-state index in [1.807, 2.05) is 12.2 Å². The van der Waals surface area contributed by atoms with Crippen LogP contribution in [0.3, 0.4) is 0 Å². The van der Waals surface area contributed by atoms with Crippen LogP contribution in [-0.4, -0.2) is 36.4 Å². The van der Waals surface area contributed by atoms with E-state index in [1.54, 1.807) is 0 Å². The Morgan fingerprint density at radius 3 is 1.17 bits per heavy atom. The lowest BCUT2D eigenvalue weighted by atomic mass is 10.0. The van der Waals surface area contributed by atoms with Crippen LogP contribution in [0, 0.1) is 0 Å². The minimum absolute atomic E-state index is 0.107. The van der Waals surface area contributed by atoms with Crippen molar-refractivity contribution < 1.29 is 24.2 Å². The van der Waals surface area contributed by atoms with Crippen molar-refractivity contribution in [3.63, 3.8) is 0 Å². The maximum Gasteiger partial charge on any atom is 0.306 e. The van der Waals surface area contributed by atoms with Crippen molar-refractivity contribution in [1.82, 2.24) is 0 Å². The SMILES string of the molecule is CC/C=C/C/C=C/C/C=C/C/C=C/C/C=C/C/C=C/CCC(=O)OC[C@H](CO)OC(=O)CCCCCCCCCCCCCCCCCCCCCCC. The Balaban J connectivity index is 3.62. The first kappa shape index (κ1) is 51.3. The number of hydrogen-bond donors (Lipinski definition) is 1. The second-order valence-corrected chi connectivity index (χ2v) is 14.8. The van der Waals surface area contributed by atoms with Gasteiger partial charge in [0.05, 0.1) is 6.61 Å². The van der Waals surface area contributed by atoms with E-state index in [0.29, 0.717) is 12.8 Å². The van der Waals surface area contributed by atoms with Crippen LogP contribution in [0.25, 0.3) is 0 Å². The highest BCUT2D eigenvalue weighted by Crippen LogP contribution is 2.15. The maximum absolute atomic E-state index is 12.2. The maximum atomic E-state index is 12.2. The first-order chi connectivity index (χ1) is 26.6. The van der Waals surface area contributed by atoms with E-state index in [2.05, 4.69) is 74.6 Å². The fourth-order valence-corrected chi connectivity index (χ4v) is 6.17. The number of ether oxygens (including phenoxy) is 2. The molecule has 0 spiro atoms. The van der Waals surface area contributed by atoms with Crippen LogP contribution in [0.5, 0.6) is 0 Å². The number of hydrogen-bond acceptors (Lipinski definition) is 5. The summed E-state index contributed by atoms with van der Waals surface area (Å²) < 4.78 is 10.6. The predicted molar refractivity (Wildman–Crippen MR) is 233 cm³/mol. The smallest absolute Gasteiger partial charge is 0.306 e. The zero-order valence-electron chi connectivity index (χ0n) is 35.2. The minimum atomic E-state index is -0.803. The molecule has 0 aromatic heterocycles. The Morgan fingerprint density at radius 1 is 0.444 bits per heavy atom. The van der Waals surface area contributed by atoms with Crippen LogP contribution in [-0.2, 0) is 19.1 Å².